The van der Waals surface area contributed by atoms with Gasteiger partial charge in [-0.15, -0.1) is 11.5 Å². The van der Waals surface area contributed by atoms with Crippen molar-refractivity contribution in [1.29, 1.82) is 0 Å². The van der Waals surface area contributed by atoms with E-state index in [2.05, 4.69) is 49.9 Å². The molecule has 0 unspecified atom stereocenters. The third-order valence-corrected chi connectivity index (χ3v) is 2.84. The Labute approximate surface area is 84.5 Å². The van der Waals surface area contributed by atoms with Crippen LogP contribution in [0, 0.1) is 11.5 Å². The first-order valence-electron chi connectivity index (χ1n) is 5.22. The average Bonchev–Trinajstić information content (AvgIpc) is 2.03. The summed E-state index contributed by atoms with van der Waals surface area (Å²) in [7, 11) is -1.13. The summed E-state index contributed by atoms with van der Waals surface area (Å²) in [6, 6.07) is 0. The zero-order valence-electron chi connectivity index (χ0n) is 9.78. The first-order chi connectivity index (χ1) is 5.99. The molecule has 0 amide bonds. The monoisotopic (exact) mass is 197 g/mol. The van der Waals surface area contributed by atoms with E-state index < -0.39 is 8.07 Å². The fraction of sp³-hybridized carbons (Fsp3) is 0.818. The van der Waals surface area contributed by atoms with Gasteiger partial charge in [0.15, 0.2) is 0 Å². The van der Waals surface area contributed by atoms with Gasteiger partial charge in [0.2, 0.25) is 0 Å². The van der Waals surface area contributed by atoms with Crippen LogP contribution in [0.4, 0.5) is 0 Å². The van der Waals surface area contributed by atoms with Gasteiger partial charge < -0.3 is 4.90 Å². The molecule has 0 fully saturated rings. The van der Waals surface area contributed by atoms with Crippen LogP contribution in [-0.2, 0) is 0 Å². The summed E-state index contributed by atoms with van der Waals surface area (Å²) in [4.78, 5) is 2.42. The van der Waals surface area contributed by atoms with Crippen LogP contribution < -0.4 is 0 Å². The van der Waals surface area contributed by atoms with Gasteiger partial charge in [-0.05, 0) is 13.1 Å². The van der Waals surface area contributed by atoms with Crippen molar-refractivity contribution in [1.82, 2.24) is 4.90 Å². The van der Waals surface area contributed by atoms with Crippen molar-refractivity contribution in [2.24, 2.45) is 0 Å². The van der Waals surface area contributed by atoms with Crippen molar-refractivity contribution >= 4 is 8.07 Å². The Hall–Kier alpha value is -0.263. The highest BCUT2D eigenvalue weighted by Gasteiger charge is 2.07. The van der Waals surface area contributed by atoms with Crippen molar-refractivity contribution in [2.45, 2.75) is 39.9 Å². The maximum atomic E-state index is 3.39. The lowest BCUT2D eigenvalue weighted by atomic mass is 10.4. The summed E-state index contributed by atoms with van der Waals surface area (Å²) in [5.74, 6) is 3.29. The van der Waals surface area contributed by atoms with Gasteiger partial charge in [0.05, 0.1) is 0 Å². The standard InChI is InChI=1S/C11H23NSi/c1-6-12(7-2)10-8-9-11-13(3,4)5/h6-8,10H2,1-5H3. The van der Waals surface area contributed by atoms with E-state index >= 15 is 0 Å². The molecule has 13 heavy (non-hydrogen) atoms. The van der Waals surface area contributed by atoms with Crippen molar-refractivity contribution in [3.05, 3.63) is 0 Å². The predicted octanol–water partition coefficient (Wildman–Crippen LogP) is 2.60. The van der Waals surface area contributed by atoms with Gasteiger partial charge in [-0.25, -0.2) is 0 Å². The molecule has 0 spiro atoms. The fourth-order valence-electron chi connectivity index (χ4n) is 1.08. The molecule has 1 nitrogen and oxygen atoms in total. The zero-order chi connectivity index (χ0) is 10.3. The Kier molecular flexibility index (Phi) is 6.10. The Morgan fingerprint density at radius 3 is 2.00 bits per heavy atom. The van der Waals surface area contributed by atoms with E-state index in [1.54, 1.807) is 0 Å². The molecule has 0 rings (SSSR count). The maximum Gasteiger partial charge on any atom is 0.129 e. The topological polar surface area (TPSA) is 3.24 Å². The summed E-state index contributed by atoms with van der Waals surface area (Å²) in [6.45, 7) is 14.7. The zero-order valence-corrected chi connectivity index (χ0v) is 10.8. The molecule has 0 N–H and O–H groups in total. The van der Waals surface area contributed by atoms with Gasteiger partial charge in [-0.1, -0.05) is 33.5 Å². The molecule has 0 aromatic rings. The van der Waals surface area contributed by atoms with E-state index in [0.29, 0.717) is 0 Å². The molecular weight excluding hydrogens is 174 g/mol. The Balaban J connectivity index is 3.70. The van der Waals surface area contributed by atoms with Crippen LogP contribution in [0.1, 0.15) is 20.3 Å². The van der Waals surface area contributed by atoms with Crippen LogP contribution in [0.5, 0.6) is 0 Å². The van der Waals surface area contributed by atoms with Gasteiger partial charge in [-0.2, -0.15) is 0 Å². The molecule has 0 aromatic carbocycles. The van der Waals surface area contributed by atoms with E-state index in [9.17, 15) is 0 Å². The van der Waals surface area contributed by atoms with Crippen LogP contribution >= 0.6 is 0 Å². The largest absolute Gasteiger partial charge is 0.303 e. The fourth-order valence-corrected chi connectivity index (χ4v) is 1.74. The molecule has 0 atom stereocenters. The number of nitrogens with zero attached hydrogens (tertiary/aromatic N) is 1. The van der Waals surface area contributed by atoms with Gasteiger partial charge in [0.1, 0.15) is 8.07 Å². The van der Waals surface area contributed by atoms with E-state index in [-0.39, 0.29) is 0 Å². The molecule has 0 aliphatic heterocycles. The lowest BCUT2D eigenvalue weighted by Crippen LogP contribution is -2.23. The van der Waals surface area contributed by atoms with Crippen molar-refractivity contribution < 1.29 is 0 Å². The van der Waals surface area contributed by atoms with Gasteiger partial charge in [-0.3, -0.25) is 0 Å². The minimum atomic E-state index is -1.13. The summed E-state index contributed by atoms with van der Waals surface area (Å²) in [6.07, 6.45) is 1.03. The molecule has 0 aliphatic carbocycles. The normalized spacial score (nSPS) is 11.2. The third kappa shape index (κ3) is 8.08. The van der Waals surface area contributed by atoms with Crippen LogP contribution in [0.25, 0.3) is 0 Å². The number of hydrogen-bond acceptors (Lipinski definition) is 1. The minimum absolute atomic E-state index is 1.03. The highest BCUT2D eigenvalue weighted by Crippen LogP contribution is 1.97. The van der Waals surface area contributed by atoms with E-state index in [4.69, 9.17) is 0 Å². The van der Waals surface area contributed by atoms with Crippen LogP contribution in [0.3, 0.4) is 0 Å². The second-order valence-corrected chi connectivity index (χ2v) is 9.08. The molecule has 76 valence electrons. The predicted molar refractivity (Wildman–Crippen MR) is 63.5 cm³/mol. The summed E-state index contributed by atoms with van der Waals surface area (Å²) < 4.78 is 0. The van der Waals surface area contributed by atoms with E-state index in [0.717, 1.165) is 26.1 Å². The highest BCUT2D eigenvalue weighted by molar-refractivity contribution is 6.83. The van der Waals surface area contributed by atoms with Crippen LogP contribution in [0.2, 0.25) is 19.6 Å². The average molecular weight is 197 g/mol. The SMILES string of the molecule is CCN(CC)CCC#C[Si](C)(C)C. The second-order valence-electron chi connectivity index (χ2n) is 4.33. The molecule has 0 heterocycles. The van der Waals surface area contributed by atoms with Crippen LogP contribution in [0.15, 0.2) is 0 Å². The maximum absolute atomic E-state index is 3.39. The Morgan fingerprint density at radius 2 is 1.62 bits per heavy atom. The van der Waals surface area contributed by atoms with Gasteiger partial charge >= 0.3 is 0 Å². The minimum Gasteiger partial charge on any atom is -0.303 e. The van der Waals surface area contributed by atoms with Crippen LogP contribution in [-0.4, -0.2) is 32.6 Å². The van der Waals surface area contributed by atoms with Crippen molar-refractivity contribution in [2.75, 3.05) is 19.6 Å². The highest BCUT2D eigenvalue weighted by atomic mass is 28.3. The quantitative estimate of drug-likeness (QED) is 0.495. The van der Waals surface area contributed by atoms with Gasteiger partial charge in [0.25, 0.3) is 0 Å². The second kappa shape index (κ2) is 6.23. The molecule has 0 saturated heterocycles. The lowest BCUT2D eigenvalue weighted by molar-refractivity contribution is 0.312. The summed E-state index contributed by atoms with van der Waals surface area (Å²) >= 11 is 0. The summed E-state index contributed by atoms with van der Waals surface area (Å²) in [5, 5.41) is 0. The first kappa shape index (κ1) is 12.7. The number of hydrogen-bond donors (Lipinski definition) is 0. The molecule has 0 saturated carbocycles. The molecule has 0 bridgehead atoms. The molecule has 0 aromatic heterocycles. The first-order valence-corrected chi connectivity index (χ1v) is 8.72. The third-order valence-electron chi connectivity index (χ3n) is 1.91. The van der Waals surface area contributed by atoms with E-state index in [1.165, 1.54) is 0 Å². The lowest BCUT2D eigenvalue weighted by Gasteiger charge is -2.15. The van der Waals surface area contributed by atoms with Gasteiger partial charge in [0, 0.05) is 13.0 Å². The Bertz CT molecular complexity index is 178. The summed E-state index contributed by atoms with van der Waals surface area (Å²) in [5.41, 5.74) is 3.39. The molecule has 2 heteroatoms. The Morgan fingerprint density at radius 1 is 1.08 bits per heavy atom. The smallest absolute Gasteiger partial charge is 0.129 e. The molecular formula is C11H23NSi. The number of rotatable bonds is 4. The van der Waals surface area contributed by atoms with E-state index in [1.807, 2.05) is 0 Å². The molecule has 0 radical (unpaired) electrons. The van der Waals surface area contributed by atoms with Crippen molar-refractivity contribution in [3.63, 3.8) is 0 Å². The molecule has 0 aliphatic rings. The van der Waals surface area contributed by atoms with Crippen molar-refractivity contribution in [3.8, 4) is 11.5 Å².